The van der Waals surface area contributed by atoms with Crippen LogP contribution < -0.4 is 20.9 Å². The molecule has 63 heavy (non-hydrogen) atoms. The zero-order valence-corrected chi connectivity index (χ0v) is 35.0. The summed E-state index contributed by atoms with van der Waals surface area (Å²) >= 11 is 10.7. The van der Waals surface area contributed by atoms with Crippen LogP contribution in [0.25, 0.3) is 28.0 Å². The van der Waals surface area contributed by atoms with E-state index in [1.807, 2.05) is 0 Å². The van der Waals surface area contributed by atoms with Gasteiger partial charge in [-0.25, -0.2) is 36.3 Å². The van der Waals surface area contributed by atoms with Gasteiger partial charge in [-0.3, -0.25) is 24.2 Å². The highest BCUT2D eigenvalue weighted by molar-refractivity contribution is 7.89. The van der Waals surface area contributed by atoms with Crippen molar-refractivity contribution in [2.45, 2.75) is 44.7 Å². The van der Waals surface area contributed by atoms with Gasteiger partial charge in [-0.1, -0.05) is 30.1 Å². The van der Waals surface area contributed by atoms with Gasteiger partial charge in [0.25, 0.3) is 17.9 Å². The third kappa shape index (κ3) is 8.65. The molecule has 6 aromatic rings. The van der Waals surface area contributed by atoms with E-state index in [2.05, 4.69) is 30.4 Å². The number of anilines is 1. The van der Waals surface area contributed by atoms with Crippen molar-refractivity contribution in [1.82, 2.24) is 34.4 Å². The van der Waals surface area contributed by atoms with E-state index >= 15 is 13.2 Å². The Morgan fingerprint density at radius 1 is 1.02 bits per heavy atom. The summed E-state index contributed by atoms with van der Waals surface area (Å²) in [5, 5.41) is 16.9. The SMILES string of the molecule is CNc1c(-n2c(C(Cc3cc(F)cc(F)c3)NC(=O)Cn3nc(C(F)F)c4c3C(F)(F)C(C)C4)nc3nc(-c4cc(Cl)c(F)cc4F)ccc3c2=O)ccc(Cl)c1C(=N)N[S+](C)[O-]. The molecule has 3 unspecified atom stereocenters. The second kappa shape index (κ2) is 17.4. The molecule has 23 heteroatoms. The second-order valence-electron chi connectivity index (χ2n) is 14.4. The maximum absolute atomic E-state index is 15.5. The summed E-state index contributed by atoms with van der Waals surface area (Å²) in [6, 6.07) is 7.15. The van der Waals surface area contributed by atoms with Crippen LogP contribution in [0.3, 0.4) is 0 Å². The molecule has 3 atom stereocenters. The van der Waals surface area contributed by atoms with E-state index in [9.17, 15) is 36.1 Å². The molecule has 4 N–H and O–H groups in total. The van der Waals surface area contributed by atoms with Gasteiger partial charge >= 0.3 is 0 Å². The number of halogens is 10. The summed E-state index contributed by atoms with van der Waals surface area (Å²) in [6.45, 7) is 0.0672. The van der Waals surface area contributed by atoms with Gasteiger partial charge in [-0.15, -0.1) is 0 Å². The Hall–Kier alpha value is -5.77. The van der Waals surface area contributed by atoms with Crippen LogP contribution in [0, 0.1) is 34.6 Å². The molecule has 3 aromatic carbocycles. The van der Waals surface area contributed by atoms with Gasteiger partial charge in [-0.05, 0) is 54.4 Å². The first kappa shape index (κ1) is 45.3. The average molecular weight is 941 g/mol. The Bertz CT molecular complexity index is 2880. The Morgan fingerprint density at radius 3 is 2.37 bits per heavy atom. The standard InChI is InChI=1S/C40H31Cl2F8N9O3S/c1-16-8-22-32(35(47)48)56-58(34(22)40(16,49)50)15-30(60)53-28(11-17-9-18(43)12-19(44)10-17)38-55-37-20(4-6-27(54-37)21-13-24(42)26(46)14-25(21)45)39(61)59(38)29-7-5-23(41)31(33(29)52-2)36(51)57-63(3)62/h4-7,9-10,12-14,16,28,35,52H,8,11,15H2,1-3H3,(H2,51,57)(H,53,60). The van der Waals surface area contributed by atoms with Crippen LogP contribution >= 0.6 is 23.2 Å². The summed E-state index contributed by atoms with van der Waals surface area (Å²) in [7, 11) is 1.39. The number of nitrogens with zero attached hydrogens (tertiary/aromatic N) is 5. The van der Waals surface area contributed by atoms with E-state index in [1.165, 1.54) is 37.6 Å². The van der Waals surface area contributed by atoms with Crippen LogP contribution in [-0.2, 0) is 41.5 Å². The van der Waals surface area contributed by atoms with Crippen molar-refractivity contribution in [2.24, 2.45) is 5.92 Å². The molecule has 3 heterocycles. The minimum absolute atomic E-state index is 0.0487. The van der Waals surface area contributed by atoms with E-state index in [0.717, 1.165) is 29.7 Å². The average Bonchev–Trinajstić information content (AvgIpc) is 3.67. The van der Waals surface area contributed by atoms with E-state index in [-0.39, 0.29) is 44.2 Å². The van der Waals surface area contributed by atoms with Crippen molar-refractivity contribution in [1.29, 1.82) is 5.41 Å². The number of benzene rings is 3. The number of fused-ring (bicyclic) bond motifs is 2. The fourth-order valence-corrected chi connectivity index (χ4v) is 8.27. The number of amides is 1. The summed E-state index contributed by atoms with van der Waals surface area (Å²) in [5.41, 5.74) is -4.52. The molecular weight excluding hydrogens is 909 g/mol. The Morgan fingerprint density at radius 2 is 1.71 bits per heavy atom. The number of nitrogens with one attached hydrogen (secondary N) is 4. The van der Waals surface area contributed by atoms with Crippen LogP contribution in [0.15, 0.2) is 59.4 Å². The molecule has 0 saturated heterocycles. The maximum Gasteiger partial charge on any atom is 0.292 e. The van der Waals surface area contributed by atoms with E-state index in [4.69, 9.17) is 28.6 Å². The number of carbonyl (C=O) groups is 1. The van der Waals surface area contributed by atoms with Crippen LogP contribution in [0.5, 0.6) is 0 Å². The normalized spacial score (nSPS) is 15.4. The first-order chi connectivity index (χ1) is 29.7. The topological polar surface area (TPSA) is 166 Å². The molecule has 0 fully saturated rings. The number of alkyl halides is 4. The molecule has 0 saturated carbocycles. The molecular formula is C40H31Cl2F8N9O3S. The van der Waals surface area contributed by atoms with Gasteiger partial charge in [0.2, 0.25) is 5.91 Å². The van der Waals surface area contributed by atoms with Gasteiger partial charge < -0.3 is 15.2 Å². The highest BCUT2D eigenvalue weighted by Crippen LogP contribution is 2.48. The minimum atomic E-state index is -3.67. The number of hydrogen-bond donors (Lipinski definition) is 4. The van der Waals surface area contributed by atoms with Crippen molar-refractivity contribution < 1.29 is 44.5 Å². The van der Waals surface area contributed by atoms with Crippen molar-refractivity contribution >= 4 is 63.0 Å². The zero-order chi connectivity index (χ0) is 45.8. The fourth-order valence-electron chi connectivity index (χ4n) is 7.46. The highest BCUT2D eigenvalue weighted by Gasteiger charge is 2.51. The van der Waals surface area contributed by atoms with Gasteiger partial charge in [-0.2, -0.15) is 18.6 Å². The molecule has 1 aliphatic carbocycles. The molecule has 0 spiro atoms. The lowest BCUT2D eigenvalue weighted by molar-refractivity contribution is -0.123. The lowest BCUT2D eigenvalue weighted by Gasteiger charge is -2.25. The largest absolute Gasteiger partial charge is 0.593 e. The fraction of sp³-hybridized carbons (Fsp3) is 0.250. The number of pyridine rings is 1. The summed E-state index contributed by atoms with van der Waals surface area (Å²) in [4.78, 5) is 37.9. The van der Waals surface area contributed by atoms with E-state index in [1.54, 1.807) is 0 Å². The van der Waals surface area contributed by atoms with Crippen molar-refractivity contribution in [2.75, 3.05) is 18.6 Å². The third-order valence-electron chi connectivity index (χ3n) is 10.2. The van der Waals surface area contributed by atoms with Crippen LogP contribution in [0.4, 0.5) is 40.8 Å². The van der Waals surface area contributed by atoms with Crippen LogP contribution in [-0.4, -0.2) is 53.9 Å². The number of rotatable bonds is 12. The second-order valence-corrected chi connectivity index (χ2v) is 16.3. The summed E-state index contributed by atoms with van der Waals surface area (Å²) < 4.78 is 134. The maximum atomic E-state index is 15.5. The Kier molecular flexibility index (Phi) is 12.5. The van der Waals surface area contributed by atoms with Gasteiger partial charge in [0.1, 0.15) is 53.3 Å². The number of aromatic nitrogens is 5. The molecule has 12 nitrogen and oxygen atoms in total. The minimum Gasteiger partial charge on any atom is -0.593 e. The first-order valence-electron chi connectivity index (χ1n) is 18.5. The molecule has 0 bridgehead atoms. The van der Waals surface area contributed by atoms with E-state index in [0.29, 0.717) is 16.8 Å². The predicted octanol–water partition coefficient (Wildman–Crippen LogP) is 8.08. The predicted molar refractivity (Wildman–Crippen MR) is 219 cm³/mol. The van der Waals surface area contributed by atoms with Crippen molar-refractivity contribution in [3.05, 3.63) is 132 Å². The molecule has 1 amide bonds. The van der Waals surface area contributed by atoms with Gasteiger partial charge in [0.15, 0.2) is 11.5 Å². The van der Waals surface area contributed by atoms with Gasteiger partial charge in [0, 0.05) is 42.6 Å². The molecule has 1 aliphatic rings. The van der Waals surface area contributed by atoms with Crippen LogP contribution in [0.2, 0.25) is 10.0 Å². The summed E-state index contributed by atoms with van der Waals surface area (Å²) in [6.07, 6.45) is -3.07. The molecule has 0 aliphatic heterocycles. The number of amidine groups is 1. The number of carbonyl (C=O) groups excluding carboxylic acids is 1. The first-order valence-corrected chi connectivity index (χ1v) is 20.8. The zero-order valence-electron chi connectivity index (χ0n) is 32.7. The molecule has 7 rings (SSSR count). The van der Waals surface area contributed by atoms with Crippen molar-refractivity contribution in [3.63, 3.8) is 0 Å². The number of hydrogen-bond acceptors (Lipinski definition) is 8. The highest BCUT2D eigenvalue weighted by atomic mass is 35.5. The summed E-state index contributed by atoms with van der Waals surface area (Å²) in [5.74, 6) is -11.4. The molecule has 330 valence electrons. The lowest BCUT2D eigenvalue weighted by atomic mass is 10.0. The van der Waals surface area contributed by atoms with Crippen LogP contribution in [0.1, 0.15) is 53.3 Å². The third-order valence-corrected chi connectivity index (χ3v) is 11.3. The van der Waals surface area contributed by atoms with E-state index < -0.39 is 129 Å². The van der Waals surface area contributed by atoms with Gasteiger partial charge in [0.05, 0.1) is 55.5 Å². The molecule has 3 aromatic heterocycles. The quantitative estimate of drug-likeness (QED) is 0.0315. The smallest absolute Gasteiger partial charge is 0.292 e. The van der Waals surface area contributed by atoms with Crippen molar-refractivity contribution in [3.8, 4) is 16.9 Å². The monoisotopic (exact) mass is 939 g/mol. The molecule has 0 radical (unpaired) electrons. The Balaban J connectivity index is 1.48. The Labute approximate surface area is 364 Å². The lowest BCUT2D eigenvalue weighted by Crippen LogP contribution is -2.38.